The predicted octanol–water partition coefficient (Wildman–Crippen LogP) is 5.54. The van der Waals surface area contributed by atoms with Crippen LogP contribution in [-0.4, -0.2) is 5.11 Å². The van der Waals surface area contributed by atoms with Gasteiger partial charge in [-0.2, -0.15) is 0 Å². The molecule has 0 saturated heterocycles. The Kier molecular flexibility index (Phi) is 3.90. The van der Waals surface area contributed by atoms with Gasteiger partial charge in [0.15, 0.2) is 0 Å². The van der Waals surface area contributed by atoms with E-state index < -0.39 is 6.10 Å². The van der Waals surface area contributed by atoms with Gasteiger partial charge in [-0.25, -0.2) is 0 Å². The first-order valence-corrected chi connectivity index (χ1v) is 7.44. The molecule has 0 aromatic heterocycles. The summed E-state index contributed by atoms with van der Waals surface area (Å²) in [5, 5.41) is 13.9. The fourth-order valence-corrected chi connectivity index (χ4v) is 3.17. The van der Waals surface area contributed by atoms with Crippen molar-refractivity contribution in [3.8, 4) is 0 Å². The van der Waals surface area contributed by atoms with Crippen LogP contribution in [0.5, 0.6) is 0 Å². The number of benzene rings is 3. The standard InChI is InChI=1S/C18H14Cl2O/c1-11-6-7-17(16-5-3-2-4-15(11)16)18(21)12-8-13(19)10-14(20)9-12/h2-10,18,21H,1H3. The molecular weight excluding hydrogens is 303 g/mol. The first kappa shape index (κ1) is 14.4. The summed E-state index contributed by atoms with van der Waals surface area (Å²) < 4.78 is 0. The van der Waals surface area contributed by atoms with Crippen LogP contribution in [0, 0.1) is 6.92 Å². The molecule has 0 heterocycles. The summed E-state index contributed by atoms with van der Waals surface area (Å²) in [4.78, 5) is 0. The van der Waals surface area contributed by atoms with Crippen LogP contribution >= 0.6 is 23.2 Å². The minimum absolute atomic E-state index is 0.521. The number of halogens is 2. The highest BCUT2D eigenvalue weighted by atomic mass is 35.5. The molecule has 0 aliphatic carbocycles. The van der Waals surface area contributed by atoms with Crippen LogP contribution in [0.1, 0.15) is 22.8 Å². The second-order valence-electron chi connectivity index (χ2n) is 5.12. The third kappa shape index (κ3) is 2.77. The van der Waals surface area contributed by atoms with E-state index in [9.17, 15) is 5.11 Å². The second kappa shape index (κ2) is 5.69. The van der Waals surface area contributed by atoms with E-state index >= 15 is 0 Å². The largest absolute Gasteiger partial charge is 0.384 e. The molecule has 1 unspecified atom stereocenters. The molecule has 1 N–H and O–H groups in total. The van der Waals surface area contributed by atoms with Crippen LogP contribution in [0.4, 0.5) is 0 Å². The van der Waals surface area contributed by atoms with Crippen LogP contribution in [0.2, 0.25) is 10.0 Å². The summed E-state index contributed by atoms with van der Waals surface area (Å²) >= 11 is 12.1. The quantitative estimate of drug-likeness (QED) is 0.658. The minimum atomic E-state index is -0.758. The number of fused-ring (bicyclic) bond motifs is 1. The maximum atomic E-state index is 10.7. The van der Waals surface area contributed by atoms with Gasteiger partial charge < -0.3 is 5.11 Å². The summed E-state index contributed by atoms with van der Waals surface area (Å²) in [5.41, 5.74) is 2.74. The zero-order valence-electron chi connectivity index (χ0n) is 11.5. The first-order chi connectivity index (χ1) is 10.1. The van der Waals surface area contributed by atoms with Crippen molar-refractivity contribution >= 4 is 34.0 Å². The van der Waals surface area contributed by atoms with Crippen molar-refractivity contribution in [1.82, 2.24) is 0 Å². The maximum Gasteiger partial charge on any atom is 0.105 e. The number of aryl methyl sites for hydroxylation is 1. The zero-order valence-corrected chi connectivity index (χ0v) is 13.0. The Hall–Kier alpha value is -1.54. The van der Waals surface area contributed by atoms with E-state index in [0.717, 1.165) is 16.3 Å². The molecule has 3 aromatic carbocycles. The lowest BCUT2D eigenvalue weighted by molar-refractivity contribution is 0.222. The summed E-state index contributed by atoms with van der Waals surface area (Å²) in [6, 6.07) is 17.2. The number of aliphatic hydroxyl groups excluding tert-OH is 1. The van der Waals surface area contributed by atoms with Gasteiger partial charge in [-0.05, 0) is 52.6 Å². The Bertz CT molecular complexity index is 791. The Morgan fingerprint density at radius 2 is 1.48 bits per heavy atom. The van der Waals surface area contributed by atoms with Gasteiger partial charge in [0.25, 0.3) is 0 Å². The molecule has 0 saturated carbocycles. The Morgan fingerprint density at radius 3 is 2.14 bits per heavy atom. The fraction of sp³-hybridized carbons (Fsp3) is 0.111. The first-order valence-electron chi connectivity index (χ1n) is 6.68. The topological polar surface area (TPSA) is 20.2 Å². The number of hydrogen-bond acceptors (Lipinski definition) is 1. The van der Waals surface area contributed by atoms with E-state index in [2.05, 4.69) is 13.0 Å². The Labute approximate surface area is 133 Å². The van der Waals surface area contributed by atoms with Crippen molar-refractivity contribution in [1.29, 1.82) is 0 Å². The van der Waals surface area contributed by atoms with Crippen LogP contribution in [0.15, 0.2) is 54.6 Å². The van der Waals surface area contributed by atoms with Gasteiger partial charge in [0, 0.05) is 10.0 Å². The average molecular weight is 317 g/mol. The highest BCUT2D eigenvalue weighted by molar-refractivity contribution is 6.34. The number of rotatable bonds is 2. The monoisotopic (exact) mass is 316 g/mol. The highest BCUT2D eigenvalue weighted by Crippen LogP contribution is 2.32. The minimum Gasteiger partial charge on any atom is -0.384 e. The Morgan fingerprint density at radius 1 is 0.857 bits per heavy atom. The average Bonchev–Trinajstić information content (AvgIpc) is 2.46. The molecule has 0 aliphatic heterocycles. The number of aliphatic hydroxyl groups is 1. The molecule has 106 valence electrons. The van der Waals surface area contributed by atoms with Crippen LogP contribution in [0.3, 0.4) is 0 Å². The molecule has 0 aliphatic rings. The van der Waals surface area contributed by atoms with Crippen molar-refractivity contribution in [3.05, 3.63) is 81.3 Å². The lowest BCUT2D eigenvalue weighted by atomic mass is 9.94. The third-order valence-corrected chi connectivity index (χ3v) is 4.11. The lowest BCUT2D eigenvalue weighted by Crippen LogP contribution is -2.01. The third-order valence-electron chi connectivity index (χ3n) is 3.67. The van der Waals surface area contributed by atoms with Crippen LogP contribution < -0.4 is 0 Å². The highest BCUT2D eigenvalue weighted by Gasteiger charge is 2.15. The molecule has 0 amide bonds. The van der Waals surface area contributed by atoms with E-state index in [1.807, 2.05) is 30.3 Å². The van der Waals surface area contributed by atoms with Crippen LogP contribution in [-0.2, 0) is 0 Å². The van der Waals surface area contributed by atoms with Gasteiger partial charge in [0.2, 0.25) is 0 Å². The molecular formula is C18H14Cl2O. The molecule has 0 fully saturated rings. The van der Waals surface area contributed by atoms with E-state index in [-0.39, 0.29) is 0 Å². The molecule has 3 aromatic rings. The summed E-state index contributed by atoms with van der Waals surface area (Å²) in [7, 11) is 0. The molecule has 0 bridgehead atoms. The SMILES string of the molecule is Cc1ccc(C(O)c2cc(Cl)cc(Cl)c2)c2ccccc12. The molecule has 0 spiro atoms. The van der Waals surface area contributed by atoms with E-state index in [4.69, 9.17) is 23.2 Å². The van der Waals surface area contributed by atoms with E-state index in [0.29, 0.717) is 15.6 Å². The summed E-state index contributed by atoms with van der Waals surface area (Å²) in [6.07, 6.45) is -0.758. The summed E-state index contributed by atoms with van der Waals surface area (Å²) in [5.74, 6) is 0. The van der Waals surface area contributed by atoms with Crippen molar-refractivity contribution in [2.45, 2.75) is 13.0 Å². The van der Waals surface area contributed by atoms with Crippen molar-refractivity contribution in [2.24, 2.45) is 0 Å². The van der Waals surface area contributed by atoms with Gasteiger partial charge in [0.05, 0.1) is 0 Å². The molecule has 0 radical (unpaired) electrons. The fourth-order valence-electron chi connectivity index (χ4n) is 2.62. The van der Waals surface area contributed by atoms with Gasteiger partial charge in [0.1, 0.15) is 6.10 Å². The normalized spacial score (nSPS) is 12.6. The molecule has 21 heavy (non-hydrogen) atoms. The van der Waals surface area contributed by atoms with Crippen molar-refractivity contribution in [3.63, 3.8) is 0 Å². The zero-order chi connectivity index (χ0) is 15.0. The van der Waals surface area contributed by atoms with Crippen molar-refractivity contribution in [2.75, 3.05) is 0 Å². The van der Waals surface area contributed by atoms with Crippen molar-refractivity contribution < 1.29 is 5.11 Å². The van der Waals surface area contributed by atoms with Gasteiger partial charge in [-0.1, -0.05) is 59.6 Å². The maximum absolute atomic E-state index is 10.7. The predicted molar refractivity (Wildman–Crippen MR) is 89.2 cm³/mol. The van der Waals surface area contributed by atoms with E-state index in [1.54, 1.807) is 18.2 Å². The van der Waals surface area contributed by atoms with Gasteiger partial charge >= 0.3 is 0 Å². The lowest BCUT2D eigenvalue weighted by Gasteiger charge is -2.16. The van der Waals surface area contributed by atoms with E-state index in [1.165, 1.54) is 5.56 Å². The second-order valence-corrected chi connectivity index (χ2v) is 6.00. The molecule has 3 heteroatoms. The molecule has 3 rings (SSSR count). The summed E-state index contributed by atoms with van der Waals surface area (Å²) in [6.45, 7) is 2.06. The van der Waals surface area contributed by atoms with Gasteiger partial charge in [-0.15, -0.1) is 0 Å². The van der Waals surface area contributed by atoms with Gasteiger partial charge in [-0.3, -0.25) is 0 Å². The smallest absolute Gasteiger partial charge is 0.105 e. The van der Waals surface area contributed by atoms with Crippen LogP contribution in [0.25, 0.3) is 10.8 Å². The molecule has 1 atom stereocenters. The number of hydrogen-bond donors (Lipinski definition) is 1. The molecule has 1 nitrogen and oxygen atoms in total. The Balaban J connectivity index is 2.18.